The molecule has 0 saturated heterocycles. The van der Waals surface area contributed by atoms with Gasteiger partial charge >= 0.3 is 0 Å². The number of hydrogen-bond acceptors (Lipinski definition) is 4. The summed E-state index contributed by atoms with van der Waals surface area (Å²) < 4.78 is 33.0. The summed E-state index contributed by atoms with van der Waals surface area (Å²) in [6.45, 7) is 1.98. The van der Waals surface area contributed by atoms with Crippen LogP contribution in [0.2, 0.25) is 0 Å². The van der Waals surface area contributed by atoms with Crippen molar-refractivity contribution in [2.24, 2.45) is 0 Å². The Labute approximate surface area is 124 Å². The summed E-state index contributed by atoms with van der Waals surface area (Å²) in [5, 5.41) is 3.82. The van der Waals surface area contributed by atoms with Gasteiger partial charge in [0, 0.05) is 24.4 Å². The fourth-order valence-corrected chi connectivity index (χ4v) is 2.40. The zero-order valence-electron chi connectivity index (χ0n) is 11.7. The number of benzene rings is 1. The molecule has 0 aliphatic heterocycles. The Hall–Kier alpha value is -2.57. The lowest BCUT2D eigenvalue weighted by Crippen LogP contribution is -1.95. The predicted molar refractivity (Wildman–Crippen MR) is 73.9 cm³/mol. The van der Waals surface area contributed by atoms with Crippen molar-refractivity contribution in [2.45, 2.75) is 25.2 Å². The summed E-state index contributed by atoms with van der Waals surface area (Å²) in [6, 6.07) is 5.65. The minimum atomic E-state index is -2.71. The van der Waals surface area contributed by atoms with E-state index in [0.29, 0.717) is 11.4 Å². The van der Waals surface area contributed by atoms with Crippen LogP contribution in [0.1, 0.15) is 23.8 Å². The standard InChI is InChI=1S/C15H12F2N4O/c1-9-2-3-10(6-12(9)21-5-4-18-8-21)13-19-14(22-20-13)11-7-15(11,16)17/h2-6,8,11H,7H2,1H3/t11-/m1/s1. The Bertz CT molecular complexity index is 826. The fourth-order valence-electron chi connectivity index (χ4n) is 2.40. The summed E-state index contributed by atoms with van der Waals surface area (Å²) in [7, 11) is 0. The third-order valence-corrected chi connectivity index (χ3v) is 3.82. The molecule has 0 spiro atoms. The average Bonchev–Trinajstić information content (AvgIpc) is 2.98. The van der Waals surface area contributed by atoms with E-state index in [2.05, 4.69) is 15.1 Å². The highest BCUT2D eigenvalue weighted by Crippen LogP contribution is 2.55. The van der Waals surface area contributed by atoms with Gasteiger partial charge in [0.15, 0.2) is 0 Å². The number of alkyl halides is 2. The lowest BCUT2D eigenvalue weighted by atomic mass is 10.1. The van der Waals surface area contributed by atoms with Gasteiger partial charge in [-0.25, -0.2) is 13.8 Å². The van der Waals surface area contributed by atoms with Crippen LogP contribution in [0.25, 0.3) is 17.1 Å². The summed E-state index contributed by atoms with van der Waals surface area (Å²) in [5.41, 5.74) is 2.70. The topological polar surface area (TPSA) is 56.7 Å². The number of rotatable bonds is 3. The zero-order valence-corrected chi connectivity index (χ0v) is 11.7. The minimum Gasteiger partial charge on any atom is -0.338 e. The van der Waals surface area contributed by atoms with Gasteiger partial charge in [0.25, 0.3) is 5.92 Å². The van der Waals surface area contributed by atoms with Crippen molar-refractivity contribution >= 4 is 0 Å². The number of halogens is 2. The summed E-state index contributed by atoms with van der Waals surface area (Å²) in [6.07, 6.45) is 4.99. The largest absolute Gasteiger partial charge is 0.338 e. The predicted octanol–water partition coefficient (Wildman–Crippen LogP) is 3.35. The number of aromatic nitrogens is 4. The fraction of sp³-hybridized carbons (Fsp3) is 0.267. The second kappa shape index (κ2) is 4.46. The molecule has 0 N–H and O–H groups in total. The Morgan fingerprint density at radius 1 is 1.36 bits per heavy atom. The molecule has 1 aliphatic rings. The maximum atomic E-state index is 13.1. The SMILES string of the molecule is Cc1ccc(-c2noc([C@H]3CC3(F)F)n2)cc1-n1ccnc1. The van der Waals surface area contributed by atoms with Gasteiger partial charge in [0.1, 0.15) is 5.92 Å². The van der Waals surface area contributed by atoms with Gasteiger partial charge in [-0.3, -0.25) is 0 Å². The Morgan fingerprint density at radius 3 is 2.86 bits per heavy atom. The van der Waals surface area contributed by atoms with E-state index in [-0.39, 0.29) is 12.3 Å². The van der Waals surface area contributed by atoms with Crippen molar-refractivity contribution in [3.05, 3.63) is 48.4 Å². The van der Waals surface area contributed by atoms with Crippen LogP contribution in [0, 0.1) is 6.92 Å². The molecule has 3 aromatic rings. The van der Waals surface area contributed by atoms with Gasteiger partial charge in [0.2, 0.25) is 11.7 Å². The minimum absolute atomic E-state index is 0.00440. The van der Waals surface area contributed by atoms with Gasteiger partial charge in [-0.15, -0.1) is 0 Å². The second-order valence-corrected chi connectivity index (χ2v) is 5.45. The molecule has 2 heterocycles. The van der Waals surface area contributed by atoms with Gasteiger partial charge in [-0.05, 0) is 18.6 Å². The molecule has 1 saturated carbocycles. The highest BCUT2D eigenvalue weighted by atomic mass is 19.3. The lowest BCUT2D eigenvalue weighted by Gasteiger charge is -2.07. The molecule has 0 amide bonds. The van der Waals surface area contributed by atoms with Crippen LogP contribution >= 0.6 is 0 Å². The van der Waals surface area contributed by atoms with Gasteiger partial charge < -0.3 is 9.09 Å². The van der Waals surface area contributed by atoms with E-state index in [1.807, 2.05) is 35.9 Å². The van der Waals surface area contributed by atoms with Crippen molar-refractivity contribution in [3.63, 3.8) is 0 Å². The van der Waals surface area contributed by atoms with Gasteiger partial charge in [-0.1, -0.05) is 17.3 Å². The Kier molecular flexibility index (Phi) is 2.66. The molecular formula is C15H12F2N4O. The van der Waals surface area contributed by atoms with Crippen LogP contribution in [-0.4, -0.2) is 25.6 Å². The van der Waals surface area contributed by atoms with Crippen molar-refractivity contribution < 1.29 is 13.3 Å². The molecule has 22 heavy (non-hydrogen) atoms. The number of aryl methyl sites for hydroxylation is 1. The van der Waals surface area contributed by atoms with Gasteiger partial charge in [-0.2, -0.15) is 4.98 Å². The summed E-state index contributed by atoms with van der Waals surface area (Å²) in [4.78, 5) is 8.13. The molecule has 0 bridgehead atoms. The number of imidazole rings is 1. The van der Waals surface area contributed by atoms with E-state index in [1.165, 1.54) is 0 Å². The molecule has 1 aromatic carbocycles. The number of hydrogen-bond donors (Lipinski definition) is 0. The van der Waals surface area contributed by atoms with E-state index in [0.717, 1.165) is 11.3 Å². The lowest BCUT2D eigenvalue weighted by molar-refractivity contribution is 0.106. The first kappa shape index (κ1) is 13.1. The van der Waals surface area contributed by atoms with Crippen molar-refractivity contribution in [1.29, 1.82) is 0 Å². The maximum Gasteiger partial charge on any atom is 0.260 e. The van der Waals surface area contributed by atoms with E-state index in [1.54, 1.807) is 12.5 Å². The molecule has 4 rings (SSSR count). The molecular weight excluding hydrogens is 290 g/mol. The van der Waals surface area contributed by atoms with Crippen LogP contribution in [-0.2, 0) is 0 Å². The van der Waals surface area contributed by atoms with Crippen LogP contribution in [0.5, 0.6) is 0 Å². The van der Waals surface area contributed by atoms with Crippen molar-refractivity contribution in [3.8, 4) is 17.1 Å². The molecule has 112 valence electrons. The molecule has 1 atom stereocenters. The maximum absolute atomic E-state index is 13.1. The van der Waals surface area contributed by atoms with E-state index in [4.69, 9.17) is 4.52 Å². The summed E-state index contributed by atoms with van der Waals surface area (Å²) >= 11 is 0. The zero-order chi connectivity index (χ0) is 15.3. The smallest absolute Gasteiger partial charge is 0.260 e. The van der Waals surface area contributed by atoms with Crippen molar-refractivity contribution in [1.82, 2.24) is 19.7 Å². The number of nitrogens with zero attached hydrogens (tertiary/aromatic N) is 4. The monoisotopic (exact) mass is 302 g/mol. The second-order valence-electron chi connectivity index (χ2n) is 5.45. The molecule has 0 unspecified atom stereocenters. The molecule has 5 nitrogen and oxygen atoms in total. The Balaban J connectivity index is 1.70. The van der Waals surface area contributed by atoms with Crippen LogP contribution < -0.4 is 0 Å². The third-order valence-electron chi connectivity index (χ3n) is 3.82. The first-order valence-corrected chi connectivity index (χ1v) is 6.85. The van der Waals surface area contributed by atoms with E-state index < -0.39 is 11.8 Å². The first-order valence-electron chi connectivity index (χ1n) is 6.85. The van der Waals surface area contributed by atoms with Crippen molar-refractivity contribution in [2.75, 3.05) is 0 Å². The van der Waals surface area contributed by atoms with E-state index >= 15 is 0 Å². The molecule has 7 heteroatoms. The van der Waals surface area contributed by atoms with Gasteiger partial charge in [0.05, 0.1) is 12.0 Å². The Morgan fingerprint density at radius 2 is 2.18 bits per heavy atom. The quantitative estimate of drug-likeness (QED) is 0.744. The van der Waals surface area contributed by atoms with Crippen LogP contribution in [0.3, 0.4) is 0 Å². The normalized spacial score (nSPS) is 19.3. The highest BCUT2D eigenvalue weighted by molar-refractivity contribution is 5.61. The van der Waals surface area contributed by atoms with Crippen LogP contribution in [0.15, 0.2) is 41.4 Å². The van der Waals surface area contributed by atoms with Crippen LogP contribution in [0.4, 0.5) is 8.78 Å². The average molecular weight is 302 g/mol. The summed E-state index contributed by atoms with van der Waals surface area (Å²) in [5.74, 6) is -3.32. The van der Waals surface area contributed by atoms with E-state index in [9.17, 15) is 8.78 Å². The molecule has 1 aliphatic carbocycles. The third kappa shape index (κ3) is 2.09. The first-order chi connectivity index (χ1) is 10.5. The molecule has 1 fully saturated rings. The molecule has 0 radical (unpaired) electrons. The molecule has 2 aromatic heterocycles. The highest BCUT2D eigenvalue weighted by Gasteiger charge is 2.61.